The Balaban J connectivity index is 0.00000441. The molecular formula is C14H30IN3O3S. The van der Waals surface area contributed by atoms with E-state index in [1.54, 1.807) is 14.2 Å². The number of methoxy groups -OCH3 is 1. The van der Waals surface area contributed by atoms with Gasteiger partial charge in [-0.05, 0) is 38.0 Å². The van der Waals surface area contributed by atoms with E-state index in [0.717, 1.165) is 25.5 Å². The molecule has 0 saturated heterocycles. The van der Waals surface area contributed by atoms with E-state index in [0.29, 0.717) is 11.8 Å². The van der Waals surface area contributed by atoms with E-state index in [1.807, 2.05) is 6.92 Å². The van der Waals surface area contributed by atoms with E-state index in [2.05, 4.69) is 15.6 Å². The Labute approximate surface area is 151 Å². The topological polar surface area (TPSA) is 79.8 Å². The monoisotopic (exact) mass is 447 g/mol. The second kappa shape index (κ2) is 9.92. The Morgan fingerprint density at radius 2 is 2.05 bits per heavy atom. The van der Waals surface area contributed by atoms with Gasteiger partial charge in [0.15, 0.2) is 5.96 Å². The molecule has 0 aromatic carbocycles. The van der Waals surface area contributed by atoms with Crippen molar-refractivity contribution >= 4 is 39.8 Å². The summed E-state index contributed by atoms with van der Waals surface area (Å²) in [4.78, 5) is 4.20. The van der Waals surface area contributed by atoms with E-state index in [1.165, 1.54) is 19.1 Å². The minimum absolute atomic E-state index is 0. The summed E-state index contributed by atoms with van der Waals surface area (Å²) >= 11 is 0. The molecule has 1 saturated carbocycles. The standard InChI is InChI=1S/C14H29N3O3S.HI/c1-12(5-10-21(4,18)19)17-13(15-2)16-11-14(6-7-14)8-9-20-3;/h12H,5-11H2,1-4H3,(H2,15,16,17);1H. The van der Waals surface area contributed by atoms with Gasteiger partial charge in [-0.3, -0.25) is 4.99 Å². The van der Waals surface area contributed by atoms with Gasteiger partial charge in [-0.25, -0.2) is 8.42 Å². The molecule has 2 N–H and O–H groups in total. The molecule has 0 radical (unpaired) electrons. The number of nitrogens with zero attached hydrogens (tertiary/aromatic N) is 1. The number of nitrogens with one attached hydrogen (secondary N) is 2. The third kappa shape index (κ3) is 9.14. The van der Waals surface area contributed by atoms with Gasteiger partial charge in [0.05, 0.1) is 5.75 Å². The molecule has 0 heterocycles. The van der Waals surface area contributed by atoms with E-state index in [-0.39, 0.29) is 35.8 Å². The Morgan fingerprint density at radius 3 is 2.50 bits per heavy atom. The zero-order valence-electron chi connectivity index (χ0n) is 14.0. The van der Waals surface area contributed by atoms with Crippen LogP contribution < -0.4 is 10.6 Å². The molecule has 1 aliphatic carbocycles. The van der Waals surface area contributed by atoms with E-state index in [4.69, 9.17) is 4.74 Å². The summed E-state index contributed by atoms with van der Waals surface area (Å²) in [7, 11) is 0.547. The number of ether oxygens (including phenoxy) is 1. The van der Waals surface area contributed by atoms with Crippen molar-refractivity contribution in [3.8, 4) is 0 Å². The van der Waals surface area contributed by atoms with Gasteiger partial charge in [0, 0.05) is 39.6 Å². The van der Waals surface area contributed by atoms with Gasteiger partial charge < -0.3 is 15.4 Å². The summed E-state index contributed by atoms with van der Waals surface area (Å²) in [6, 6.07) is 0.0695. The molecule has 0 amide bonds. The first-order valence-corrected chi connectivity index (χ1v) is 9.50. The fourth-order valence-corrected chi connectivity index (χ4v) is 2.95. The van der Waals surface area contributed by atoms with Gasteiger partial charge in [0.25, 0.3) is 0 Å². The first-order chi connectivity index (χ1) is 9.80. The smallest absolute Gasteiger partial charge is 0.191 e. The van der Waals surface area contributed by atoms with Crippen LogP contribution in [0, 0.1) is 5.41 Å². The first-order valence-electron chi connectivity index (χ1n) is 7.44. The molecule has 1 rings (SSSR count). The van der Waals surface area contributed by atoms with Gasteiger partial charge in [0.2, 0.25) is 0 Å². The molecule has 22 heavy (non-hydrogen) atoms. The molecular weight excluding hydrogens is 417 g/mol. The highest BCUT2D eigenvalue weighted by Gasteiger charge is 2.41. The van der Waals surface area contributed by atoms with Crippen LogP contribution in [-0.2, 0) is 14.6 Å². The van der Waals surface area contributed by atoms with Crippen molar-refractivity contribution in [2.75, 3.05) is 39.3 Å². The number of rotatable bonds is 9. The number of sulfone groups is 1. The summed E-state index contributed by atoms with van der Waals surface area (Å²) in [6.45, 7) is 3.64. The lowest BCUT2D eigenvalue weighted by molar-refractivity contribution is 0.172. The van der Waals surface area contributed by atoms with E-state index >= 15 is 0 Å². The van der Waals surface area contributed by atoms with Crippen LogP contribution in [0.5, 0.6) is 0 Å². The van der Waals surface area contributed by atoms with Crippen molar-refractivity contribution in [3.05, 3.63) is 0 Å². The quantitative estimate of drug-likeness (QED) is 0.318. The third-order valence-corrected chi connectivity index (χ3v) is 4.93. The van der Waals surface area contributed by atoms with Crippen LogP contribution in [0.1, 0.15) is 32.6 Å². The molecule has 1 fully saturated rings. The number of guanidine groups is 1. The van der Waals surface area contributed by atoms with Crippen LogP contribution >= 0.6 is 24.0 Å². The van der Waals surface area contributed by atoms with Crippen molar-refractivity contribution in [3.63, 3.8) is 0 Å². The normalized spacial score (nSPS) is 18.3. The molecule has 0 aromatic heterocycles. The average molecular weight is 447 g/mol. The predicted octanol–water partition coefficient (Wildman–Crippen LogP) is 1.41. The van der Waals surface area contributed by atoms with Crippen molar-refractivity contribution in [1.82, 2.24) is 10.6 Å². The lowest BCUT2D eigenvalue weighted by Crippen LogP contribution is -2.44. The number of hydrogen-bond donors (Lipinski definition) is 2. The SMILES string of the molecule is CN=C(NCC1(CCOC)CC1)NC(C)CCS(C)(=O)=O.I. The fourth-order valence-electron chi connectivity index (χ4n) is 2.17. The molecule has 6 nitrogen and oxygen atoms in total. The Morgan fingerprint density at radius 1 is 1.41 bits per heavy atom. The molecule has 1 atom stereocenters. The van der Waals surface area contributed by atoms with Gasteiger partial charge in [0.1, 0.15) is 9.84 Å². The highest BCUT2D eigenvalue weighted by Crippen LogP contribution is 2.48. The van der Waals surface area contributed by atoms with Crippen LogP contribution in [0.3, 0.4) is 0 Å². The first kappa shape index (κ1) is 21.9. The van der Waals surface area contributed by atoms with E-state index in [9.17, 15) is 8.42 Å². The van der Waals surface area contributed by atoms with Crippen LogP contribution in [-0.4, -0.2) is 59.7 Å². The van der Waals surface area contributed by atoms with E-state index < -0.39 is 9.84 Å². The third-order valence-electron chi connectivity index (χ3n) is 3.95. The lowest BCUT2D eigenvalue weighted by atomic mass is 10.0. The second-order valence-electron chi connectivity index (χ2n) is 6.13. The zero-order chi connectivity index (χ0) is 15.9. The van der Waals surface area contributed by atoms with Gasteiger partial charge in [-0.2, -0.15) is 0 Å². The second-order valence-corrected chi connectivity index (χ2v) is 8.39. The summed E-state index contributed by atoms with van der Waals surface area (Å²) in [5.41, 5.74) is 0.351. The lowest BCUT2D eigenvalue weighted by Gasteiger charge is -2.21. The Kier molecular flexibility index (Phi) is 9.88. The molecule has 0 bridgehead atoms. The predicted molar refractivity (Wildman–Crippen MR) is 102 cm³/mol. The van der Waals surface area contributed by atoms with Crippen molar-refractivity contribution in [2.24, 2.45) is 10.4 Å². The number of hydrogen-bond acceptors (Lipinski definition) is 4. The van der Waals surface area contributed by atoms with Crippen LogP contribution in [0.25, 0.3) is 0 Å². The number of aliphatic imine (C=N–C) groups is 1. The minimum Gasteiger partial charge on any atom is -0.385 e. The Bertz CT molecular complexity index is 450. The maximum absolute atomic E-state index is 11.2. The summed E-state index contributed by atoms with van der Waals surface area (Å²) in [6.07, 6.45) is 5.36. The van der Waals surface area contributed by atoms with Gasteiger partial charge >= 0.3 is 0 Å². The maximum atomic E-state index is 11.2. The number of halogens is 1. The highest BCUT2D eigenvalue weighted by molar-refractivity contribution is 14.0. The highest BCUT2D eigenvalue weighted by atomic mass is 127. The molecule has 1 unspecified atom stereocenters. The molecule has 132 valence electrons. The molecule has 0 aliphatic heterocycles. The van der Waals surface area contributed by atoms with Crippen molar-refractivity contribution < 1.29 is 13.2 Å². The van der Waals surface area contributed by atoms with Crippen LogP contribution in [0.2, 0.25) is 0 Å². The fraction of sp³-hybridized carbons (Fsp3) is 0.929. The van der Waals surface area contributed by atoms with Crippen molar-refractivity contribution in [2.45, 2.75) is 38.6 Å². The molecule has 8 heteroatoms. The summed E-state index contributed by atoms with van der Waals surface area (Å²) in [5.74, 6) is 0.926. The van der Waals surface area contributed by atoms with Gasteiger partial charge in [-0.1, -0.05) is 0 Å². The van der Waals surface area contributed by atoms with Crippen LogP contribution in [0.15, 0.2) is 4.99 Å². The summed E-state index contributed by atoms with van der Waals surface area (Å²) < 4.78 is 27.5. The molecule has 1 aliphatic rings. The largest absolute Gasteiger partial charge is 0.385 e. The zero-order valence-corrected chi connectivity index (χ0v) is 17.2. The van der Waals surface area contributed by atoms with Gasteiger partial charge in [-0.15, -0.1) is 24.0 Å². The maximum Gasteiger partial charge on any atom is 0.191 e. The Hall–Kier alpha value is -0.0900. The summed E-state index contributed by atoms with van der Waals surface area (Å²) in [5, 5.41) is 6.58. The molecule has 0 aromatic rings. The van der Waals surface area contributed by atoms with Crippen LogP contribution in [0.4, 0.5) is 0 Å². The molecule has 0 spiro atoms. The van der Waals surface area contributed by atoms with Crippen molar-refractivity contribution in [1.29, 1.82) is 0 Å². The average Bonchev–Trinajstić information content (AvgIpc) is 3.18. The minimum atomic E-state index is -2.91.